The minimum atomic E-state index is -0.165. The van der Waals surface area contributed by atoms with Crippen molar-refractivity contribution in [1.82, 2.24) is 0 Å². The lowest BCUT2D eigenvalue weighted by Crippen LogP contribution is -1.99. The first kappa shape index (κ1) is 13.6. The van der Waals surface area contributed by atoms with Gasteiger partial charge in [-0.25, -0.2) is 0 Å². The lowest BCUT2D eigenvalue weighted by molar-refractivity contribution is 0.446. The zero-order valence-electron chi connectivity index (χ0n) is 9.69. The van der Waals surface area contributed by atoms with Gasteiger partial charge in [-0.3, -0.25) is 0 Å². The molecule has 2 aromatic rings. The highest BCUT2D eigenvalue weighted by Crippen LogP contribution is 2.35. The molecule has 0 heterocycles. The maximum Gasteiger partial charge on any atom is 0.152 e. The molecule has 0 aliphatic heterocycles. The van der Waals surface area contributed by atoms with E-state index in [4.69, 9.17) is 23.2 Å². The maximum atomic E-state index is 9.63. The van der Waals surface area contributed by atoms with E-state index in [0.717, 1.165) is 0 Å². The van der Waals surface area contributed by atoms with Crippen LogP contribution in [0.5, 0.6) is 17.2 Å². The van der Waals surface area contributed by atoms with Crippen LogP contribution in [0.2, 0.25) is 10.0 Å². The number of anilines is 1. The number of nitrogens with one attached hydrogen (secondary N) is 1. The maximum absolute atomic E-state index is 9.63. The number of benzene rings is 2. The predicted octanol–water partition coefficient (Wildman–Crippen LogP) is 3.72. The minimum Gasteiger partial charge on any atom is -0.508 e. The summed E-state index contributed by atoms with van der Waals surface area (Å²) in [6, 6.07) is 7.39. The van der Waals surface area contributed by atoms with E-state index in [9.17, 15) is 15.3 Å². The highest BCUT2D eigenvalue weighted by atomic mass is 35.5. The lowest BCUT2D eigenvalue weighted by atomic mass is 10.2. The van der Waals surface area contributed by atoms with E-state index in [1.165, 1.54) is 24.3 Å². The van der Waals surface area contributed by atoms with Crippen molar-refractivity contribution < 1.29 is 15.3 Å². The highest BCUT2D eigenvalue weighted by Gasteiger charge is 2.07. The Balaban J connectivity index is 2.14. The summed E-state index contributed by atoms with van der Waals surface area (Å²) in [7, 11) is 0. The van der Waals surface area contributed by atoms with E-state index in [2.05, 4.69) is 5.32 Å². The van der Waals surface area contributed by atoms with Gasteiger partial charge in [-0.05, 0) is 24.3 Å². The quantitative estimate of drug-likeness (QED) is 0.652. The summed E-state index contributed by atoms with van der Waals surface area (Å²) in [5.74, 6) is -0.179. The van der Waals surface area contributed by atoms with Gasteiger partial charge in [-0.15, -0.1) is 0 Å². The zero-order valence-corrected chi connectivity index (χ0v) is 11.2. The second-order valence-corrected chi connectivity index (χ2v) is 4.77. The molecule has 4 N–H and O–H groups in total. The van der Waals surface area contributed by atoms with E-state index in [1.54, 1.807) is 6.07 Å². The lowest BCUT2D eigenvalue weighted by Gasteiger charge is -2.10. The summed E-state index contributed by atoms with van der Waals surface area (Å²) in [5, 5.41) is 31.5. The van der Waals surface area contributed by atoms with Crippen molar-refractivity contribution in [3.8, 4) is 17.2 Å². The van der Waals surface area contributed by atoms with Crippen molar-refractivity contribution >= 4 is 28.9 Å². The van der Waals surface area contributed by atoms with Gasteiger partial charge in [0.15, 0.2) is 5.75 Å². The molecule has 0 aliphatic carbocycles. The molecule has 0 amide bonds. The fraction of sp³-hybridized carbons (Fsp3) is 0.0769. The molecule has 2 rings (SSSR count). The van der Waals surface area contributed by atoms with Gasteiger partial charge in [0.2, 0.25) is 0 Å². The molecule has 0 saturated heterocycles. The fourth-order valence-electron chi connectivity index (χ4n) is 1.57. The molecule has 2 aromatic carbocycles. The molecule has 0 aromatic heterocycles. The van der Waals surface area contributed by atoms with Gasteiger partial charge in [-0.1, -0.05) is 23.2 Å². The average molecular weight is 300 g/mol. The predicted molar refractivity (Wildman–Crippen MR) is 75.2 cm³/mol. The second-order valence-electron chi connectivity index (χ2n) is 3.96. The second kappa shape index (κ2) is 5.47. The topological polar surface area (TPSA) is 72.7 Å². The third-order valence-corrected chi connectivity index (χ3v) is 3.14. The number of hydrogen-bond donors (Lipinski definition) is 4. The van der Waals surface area contributed by atoms with E-state index in [-0.39, 0.29) is 27.3 Å². The van der Waals surface area contributed by atoms with Crippen molar-refractivity contribution in [2.75, 3.05) is 5.32 Å². The molecule has 0 aliphatic rings. The Labute approximate surface area is 119 Å². The van der Waals surface area contributed by atoms with E-state index in [0.29, 0.717) is 17.8 Å². The summed E-state index contributed by atoms with van der Waals surface area (Å²) in [5.41, 5.74) is 1.22. The molecule has 6 heteroatoms. The smallest absolute Gasteiger partial charge is 0.152 e. The number of phenols is 3. The SMILES string of the molecule is Oc1ccc(CNc2cc(Cl)c(O)c(Cl)c2)c(O)c1. The van der Waals surface area contributed by atoms with Crippen LogP contribution in [-0.2, 0) is 6.54 Å². The average Bonchev–Trinajstić information content (AvgIpc) is 2.34. The number of hydrogen-bond acceptors (Lipinski definition) is 4. The van der Waals surface area contributed by atoms with Gasteiger partial charge in [0.25, 0.3) is 0 Å². The monoisotopic (exact) mass is 299 g/mol. The van der Waals surface area contributed by atoms with E-state index in [1.807, 2.05) is 0 Å². The third kappa shape index (κ3) is 3.16. The fourth-order valence-corrected chi connectivity index (χ4v) is 2.05. The van der Waals surface area contributed by atoms with Crippen LogP contribution in [0.15, 0.2) is 30.3 Å². The molecule has 0 radical (unpaired) electrons. The van der Waals surface area contributed by atoms with Gasteiger partial charge in [0.1, 0.15) is 11.5 Å². The molecule has 100 valence electrons. The van der Waals surface area contributed by atoms with E-state index >= 15 is 0 Å². The molecule has 19 heavy (non-hydrogen) atoms. The summed E-state index contributed by atoms with van der Waals surface area (Å²) >= 11 is 11.6. The Hall–Kier alpha value is -1.78. The first-order valence-corrected chi connectivity index (χ1v) is 6.15. The molecule has 0 atom stereocenters. The third-order valence-electron chi connectivity index (χ3n) is 2.57. The Kier molecular flexibility index (Phi) is 3.93. The molecular weight excluding hydrogens is 289 g/mol. The summed E-state index contributed by atoms with van der Waals surface area (Å²) < 4.78 is 0. The van der Waals surface area contributed by atoms with Crippen molar-refractivity contribution in [2.24, 2.45) is 0 Å². The Morgan fingerprint density at radius 2 is 1.58 bits per heavy atom. The van der Waals surface area contributed by atoms with Gasteiger partial charge < -0.3 is 20.6 Å². The van der Waals surface area contributed by atoms with Crippen LogP contribution in [-0.4, -0.2) is 15.3 Å². The standard InChI is InChI=1S/C13H11Cl2NO3/c14-10-3-8(4-11(15)13(10)19)16-6-7-1-2-9(17)5-12(7)18/h1-5,16-19H,6H2. The van der Waals surface area contributed by atoms with Crippen molar-refractivity contribution in [3.63, 3.8) is 0 Å². The first-order valence-electron chi connectivity index (χ1n) is 5.40. The molecule has 0 fully saturated rings. The van der Waals surface area contributed by atoms with Crippen LogP contribution in [0.4, 0.5) is 5.69 Å². The van der Waals surface area contributed by atoms with Crippen LogP contribution >= 0.6 is 23.2 Å². The number of rotatable bonds is 3. The van der Waals surface area contributed by atoms with Crippen LogP contribution in [0.3, 0.4) is 0 Å². The molecular formula is C13H11Cl2NO3. The summed E-state index contributed by atoms with van der Waals surface area (Å²) in [6.45, 7) is 0.323. The minimum absolute atomic E-state index is 0.00280. The molecule has 0 bridgehead atoms. The number of phenolic OH excluding ortho intramolecular Hbond substituents is 3. The van der Waals surface area contributed by atoms with Crippen LogP contribution in [0, 0.1) is 0 Å². The molecule has 0 spiro atoms. The van der Waals surface area contributed by atoms with Crippen LogP contribution in [0.25, 0.3) is 0 Å². The summed E-state index contributed by atoms with van der Waals surface area (Å²) in [6.07, 6.45) is 0. The Bertz CT molecular complexity index is 594. The van der Waals surface area contributed by atoms with Gasteiger partial charge >= 0.3 is 0 Å². The van der Waals surface area contributed by atoms with Crippen LogP contribution < -0.4 is 5.32 Å². The van der Waals surface area contributed by atoms with Crippen molar-refractivity contribution in [1.29, 1.82) is 0 Å². The normalized spacial score (nSPS) is 10.4. The number of aromatic hydroxyl groups is 3. The Morgan fingerprint density at radius 3 is 2.16 bits per heavy atom. The van der Waals surface area contributed by atoms with Crippen LogP contribution in [0.1, 0.15) is 5.56 Å². The van der Waals surface area contributed by atoms with Gasteiger partial charge in [0, 0.05) is 23.9 Å². The van der Waals surface area contributed by atoms with Crippen molar-refractivity contribution in [3.05, 3.63) is 45.9 Å². The van der Waals surface area contributed by atoms with Gasteiger partial charge in [0.05, 0.1) is 10.0 Å². The molecule has 0 unspecified atom stereocenters. The zero-order chi connectivity index (χ0) is 14.0. The highest BCUT2D eigenvalue weighted by molar-refractivity contribution is 6.37. The van der Waals surface area contributed by atoms with E-state index < -0.39 is 0 Å². The van der Waals surface area contributed by atoms with Gasteiger partial charge in [-0.2, -0.15) is 0 Å². The Morgan fingerprint density at radius 1 is 0.947 bits per heavy atom. The summed E-state index contributed by atoms with van der Waals surface area (Å²) in [4.78, 5) is 0. The largest absolute Gasteiger partial charge is 0.508 e. The first-order chi connectivity index (χ1) is 8.97. The molecule has 0 saturated carbocycles. The molecule has 4 nitrogen and oxygen atoms in total. The number of halogens is 2. The van der Waals surface area contributed by atoms with Crippen molar-refractivity contribution in [2.45, 2.75) is 6.54 Å².